The Hall–Kier alpha value is -4.21. The predicted molar refractivity (Wildman–Crippen MR) is 127 cm³/mol. The molecule has 0 aliphatic carbocycles. The molecule has 178 valence electrons. The quantitative estimate of drug-likeness (QED) is 0.363. The molecular formula is C25H25FN8O. The summed E-state index contributed by atoms with van der Waals surface area (Å²) >= 11 is 0. The number of aryl methyl sites for hydroxylation is 3. The van der Waals surface area contributed by atoms with Gasteiger partial charge in [0.15, 0.2) is 5.82 Å². The van der Waals surface area contributed by atoms with E-state index in [-0.39, 0.29) is 5.82 Å². The number of aromatic nitrogens is 8. The van der Waals surface area contributed by atoms with Gasteiger partial charge in [0.2, 0.25) is 5.89 Å². The number of benzene rings is 1. The van der Waals surface area contributed by atoms with Crippen LogP contribution < -0.4 is 0 Å². The van der Waals surface area contributed by atoms with Crippen molar-refractivity contribution >= 4 is 0 Å². The van der Waals surface area contributed by atoms with Crippen molar-refractivity contribution in [2.75, 3.05) is 0 Å². The predicted octanol–water partition coefficient (Wildman–Crippen LogP) is 4.33. The van der Waals surface area contributed by atoms with E-state index < -0.39 is 0 Å². The monoisotopic (exact) mass is 472 g/mol. The van der Waals surface area contributed by atoms with Gasteiger partial charge in [-0.3, -0.25) is 4.68 Å². The van der Waals surface area contributed by atoms with Crippen LogP contribution in [0.5, 0.6) is 0 Å². The summed E-state index contributed by atoms with van der Waals surface area (Å²) in [7, 11) is 1.91. The van der Waals surface area contributed by atoms with E-state index in [1.807, 2.05) is 31.6 Å². The van der Waals surface area contributed by atoms with Crippen molar-refractivity contribution in [2.24, 2.45) is 7.05 Å². The number of rotatable bonds is 6. The summed E-state index contributed by atoms with van der Waals surface area (Å²) in [4.78, 5) is 8.94. The Labute approximate surface area is 201 Å². The van der Waals surface area contributed by atoms with Crippen LogP contribution in [-0.2, 0) is 19.9 Å². The SMILES string of the molecule is CCc1c(Cc2cc(-n3nc(C)c(-c4nnc(C)o4)c3C)ncn2)nn(C)c1-c1ccc(F)cc1. The molecule has 0 spiro atoms. The zero-order valence-corrected chi connectivity index (χ0v) is 20.2. The minimum absolute atomic E-state index is 0.260. The van der Waals surface area contributed by atoms with E-state index in [9.17, 15) is 4.39 Å². The third-order valence-electron chi connectivity index (χ3n) is 6.01. The third kappa shape index (κ3) is 4.11. The molecule has 0 bridgehead atoms. The first-order chi connectivity index (χ1) is 16.9. The lowest BCUT2D eigenvalue weighted by molar-refractivity contribution is 0.532. The summed E-state index contributed by atoms with van der Waals surface area (Å²) in [6.07, 6.45) is 2.86. The van der Waals surface area contributed by atoms with E-state index in [0.717, 1.165) is 51.6 Å². The maximum Gasteiger partial charge on any atom is 0.251 e. The first kappa shape index (κ1) is 22.6. The Morgan fingerprint density at radius 3 is 2.46 bits per heavy atom. The van der Waals surface area contributed by atoms with Crippen LogP contribution in [0.3, 0.4) is 0 Å². The van der Waals surface area contributed by atoms with Crippen molar-refractivity contribution in [3.63, 3.8) is 0 Å². The molecule has 10 heteroatoms. The molecule has 9 nitrogen and oxygen atoms in total. The zero-order valence-electron chi connectivity index (χ0n) is 20.2. The fourth-order valence-corrected chi connectivity index (χ4v) is 4.45. The fraction of sp³-hybridized carbons (Fsp3) is 0.280. The van der Waals surface area contributed by atoms with Crippen LogP contribution in [0.15, 0.2) is 41.1 Å². The van der Waals surface area contributed by atoms with Crippen LogP contribution in [-0.4, -0.2) is 39.7 Å². The van der Waals surface area contributed by atoms with Gasteiger partial charge in [-0.1, -0.05) is 6.92 Å². The highest BCUT2D eigenvalue weighted by atomic mass is 19.1. The molecule has 0 radical (unpaired) electrons. The molecule has 0 aliphatic rings. The average molecular weight is 473 g/mol. The van der Waals surface area contributed by atoms with E-state index in [1.165, 1.54) is 18.5 Å². The van der Waals surface area contributed by atoms with Crippen molar-refractivity contribution in [2.45, 2.75) is 40.5 Å². The second-order valence-electron chi connectivity index (χ2n) is 8.39. The Bertz CT molecular complexity index is 1510. The molecule has 4 aromatic heterocycles. The molecule has 5 rings (SSSR count). The molecule has 0 saturated heterocycles. The van der Waals surface area contributed by atoms with Crippen molar-refractivity contribution in [3.05, 3.63) is 76.7 Å². The molecule has 35 heavy (non-hydrogen) atoms. The van der Waals surface area contributed by atoms with Crippen molar-refractivity contribution in [3.8, 4) is 28.5 Å². The fourth-order valence-electron chi connectivity index (χ4n) is 4.45. The maximum atomic E-state index is 13.5. The first-order valence-corrected chi connectivity index (χ1v) is 11.3. The molecule has 0 fully saturated rings. The van der Waals surface area contributed by atoms with Gasteiger partial charge in [0.1, 0.15) is 12.1 Å². The van der Waals surface area contributed by atoms with Gasteiger partial charge in [-0.25, -0.2) is 19.0 Å². The molecule has 0 N–H and O–H groups in total. The molecule has 4 heterocycles. The molecule has 5 aromatic rings. The lowest BCUT2D eigenvalue weighted by atomic mass is 10.0. The second kappa shape index (κ2) is 8.86. The van der Waals surface area contributed by atoms with E-state index in [2.05, 4.69) is 32.2 Å². The average Bonchev–Trinajstić information content (AvgIpc) is 3.49. The number of hydrogen-bond donors (Lipinski definition) is 0. The zero-order chi connectivity index (χ0) is 24.7. The molecule has 0 amide bonds. The van der Waals surface area contributed by atoms with Gasteiger partial charge in [-0.2, -0.15) is 10.2 Å². The second-order valence-corrected chi connectivity index (χ2v) is 8.39. The topological polar surface area (TPSA) is 100 Å². The number of hydrogen-bond acceptors (Lipinski definition) is 7. The minimum atomic E-state index is -0.260. The van der Waals surface area contributed by atoms with Crippen LogP contribution in [0.2, 0.25) is 0 Å². The van der Waals surface area contributed by atoms with Gasteiger partial charge in [-0.05, 0) is 44.5 Å². The largest absolute Gasteiger partial charge is 0.421 e. The Kier molecular flexibility index (Phi) is 5.72. The van der Waals surface area contributed by atoms with Gasteiger partial charge in [0.25, 0.3) is 5.89 Å². The van der Waals surface area contributed by atoms with Gasteiger partial charge in [0.05, 0.1) is 34.0 Å². The number of halogens is 1. The van der Waals surface area contributed by atoms with Crippen LogP contribution in [0.4, 0.5) is 4.39 Å². The first-order valence-electron chi connectivity index (χ1n) is 11.3. The van der Waals surface area contributed by atoms with Gasteiger partial charge in [0, 0.05) is 37.6 Å². The summed E-state index contributed by atoms with van der Waals surface area (Å²) in [6.45, 7) is 7.69. The third-order valence-corrected chi connectivity index (χ3v) is 6.01. The maximum absolute atomic E-state index is 13.5. The molecule has 1 aromatic carbocycles. The van der Waals surface area contributed by atoms with Crippen molar-refractivity contribution in [1.29, 1.82) is 0 Å². The van der Waals surface area contributed by atoms with Crippen LogP contribution in [0.25, 0.3) is 28.5 Å². The van der Waals surface area contributed by atoms with Gasteiger partial charge < -0.3 is 4.42 Å². The molecule has 0 aliphatic heterocycles. The Morgan fingerprint density at radius 1 is 1.00 bits per heavy atom. The normalized spacial score (nSPS) is 11.4. The Morgan fingerprint density at radius 2 is 1.77 bits per heavy atom. The summed E-state index contributed by atoms with van der Waals surface area (Å²) in [5.41, 5.74) is 7.18. The van der Waals surface area contributed by atoms with E-state index in [1.54, 1.807) is 23.7 Å². The van der Waals surface area contributed by atoms with Gasteiger partial charge in [-0.15, -0.1) is 10.2 Å². The van der Waals surface area contributed by atoms with Gasteiger partial charge >= 0.3 is 0 Å². The van der Waals surface area contributed by atoms with Crippen LogP contribution >= 0.6 is 0 Å². The molecular weight excluding hydrogens is 447 g/mol. The van der Waals surface area contributed by atoms with E-state index in [4.69, 9.17) is 9.52 Å². The lowest BCUT2D eigenvalue weighted by Crippen LogP contribution is -2.05. The standard InChI is InChI=1S/C25H25FN8O/c1-6-20-21(32-33(5)24(20)17-7-9-18(26)10-8-17)11-19-12-22(28-13-27-19)34-15(3)23(14(2)31-34)25-30-29-16(4)35-25/h7-10,12-13H,6,11H2,1-5H3. The van der Waals surface area contributed by atoms with E-state index >= 15 is 0 Å². The highest BCUT2D eigenvalue weighted by molar-refractivity contribution is 5.65. The van der Waals surface area contributed by atoms with Crippen LogP contribution in [0, 0.1) is 26.6 Å². The molecule has 0 atom stereocenters. The summed E-state index contributed by atoms with van der Waals surface area (Å²) in [5, 5.41) is 17.5. The molecule has 0 saturated carbocycles. The Balaban J connectivity index is 1.50. The summed E-state index contributed by atoms with van der Waals surface area (Å²) in [5.74, 6) is 1.32. The summed E-state index contributed by atoms with van der Waals surface area (Å²) in [6, 6.07) is 8.41. The molecule has 0 unspecified atom stereocenters. The minimum Gasteiger partial charge on any atom is -0.421 e. The van der Waals surface area contributed by atoms with Crippen molar-refractivity contribution < 1.29 is 8.81 Å². The highest BCUT2D eigenvalue weighted by Gasteiger charge is 2.21. The van der Waals surface area contributed by atoms with Crippen molar-refractivity contribution in [1.82, 2.24) is 39.7 Å². The van der Waals surface area contributed by atoms with Crippen LogP contribution in [0.1, 0.15) is 41.2 Å². The smallest absolute Gasteiger partial charge is 0.251 e. The number of nitrogens with zero attached hydrogens (tertiary/aromatic N) is 8. The lowest BCUT2D eigenvalue weighted by Gasteiger charge is -2.07. The van der Waals surface area contributed by atoms with E-state index in [0.29, 0.717) is 24.0 Å². The summed E-state index contributed by atoms with van der Waals surface area (Å²) < 4.78 is 22.7. The highest BCUT2D eigenvalue weighted by Crippen LogP contribution is 2.29.